The maximum absolute atomic E-state index is 3.98. The van der Waals surface area contributed by atoms with Gasteiger partial charge >= 0.3 is 0 Å². The Morgan fingerprint density at radius 3 is 1.84 bits per heavy atom. The fraction of sp³-hybridized carbons (Fsp3) is 0.484. The maximum atomic E-state index is 3.98. The standard InChI is InChI=1S/C17H24.C14H21N/c1-13(2)17-10-8-16(9-11-17)12-15-6-4-14(3)5-7-15;1-11(2)15-13-8-6-12(7-9-13)10-14(3,4)5/h8-11,14-15H,1,4-7,12H2,2-3H3;6-9,15H,1,10H2,2-5H3. The number of anilines is 1. The van der Waals surface area contributed by atoms with Crippen LogP contribution in [0, 0.1) is 17.3 Å². The summed E-state index contributed by atoms with van der Waals surface area (Å²) in [7, 11) is 0. The summed E-state index contributed by atoms with van der Waals surface area (Å²) >= 11 is 0. The minimum Gasteiger partial charge on any atom is -0.360 e. The molecule has 0 radical (unpaired) electrons. The largest absolute Gasteiger partial charge is 0.360 e. The predicted molar refractivity (Wildman–Crippen MR) is 144 cm³/mol. The fourth-order valence-electron chi connectivity index (χ4n) is 4.36. The van der Waals surface area contributed by atoms with Gasteiger partial charge in [-0.05, 0) is 85.6 Å². The van der Waals surface area contributed by atoms with Crippen molar-refractivity contribution in [1.82, 2.24) is 0 Å². The van der Waals surface area contributed by atoms with Crippen LogP contribution < -0.4 is 5.32 Å². The van der Waals surface area contributed by atoms with Gasteiger partial charge in [0.25, 0.3) is 0 Å². The Labute approximate surface area is 198 Å². The molecular formula is C31H45N. The molecule has 0 amide bonds. The molecule has 3 rings (SSSR count). The average molecular weight is 432 g/mol. The van der Waals surface area contributed by atoms with E-state index in [4.69, 9.17) is 0 Å². The number of hydrogen-bond acceptors (Lipinski definition) is 1. The molecule has 0 aliphatic heterocycles. The van der Waals surface area contributed by atoms with Crippen molar-refractivity contribution in [3.8, 4) is 0 Å². The van der Waals surface area contributed by atoms with Crippen molar-refractivity contribution in [3.05, 3.63) is 84.1 Å². The molecule has 174 valence electrons. The third-order valence-corrected chi connectivity index (χ3v) is 6.15. The van der Waals surface area contributed by atoms with Gasteiger partial charge in [-0.2, -0.15) is 0 Å². The minimum atomic E-state index is 0.350. The topological polar surface area (TPSA) is 12.0 Å². The van der Waals surface area contributed by atoms with E-state index in [1.54, 1.807) is 0 Å². The van der Waals surface area contributed by atoms with Crippen molar-refractivity contribution in [3.63, 3.8) is 0 Å². The van der Waals surface area contributed by atoms with E-state index in [9.17, 15) is 0 Å². The highest BCUT2D eigenvalue weighted by Gasteiger charge is 2.18. The van der Waals surface area contributed by atoms with E-state index in [1.165, 1.54) is 48.8 Å². The zero-order valence-electron chi connectivity index (χ0n) is 21.4. The highest BCUT2D eigenvalue weighted by Crippen LogP contribution is 2.30. The molecule has 2 aromatic rings. The summed E-state index contributed by atoms with van der Waals surface area (Å²) in [6.45, 7) is 21.0. The van der Waals surface area contributed by atoms with E-state index >= 15 is 0 Å². The van der Waals surface area contributed by atoms with Crippen LogP contribution in [0.3, 0.4) is 0 Å². The molecule has 0 unspecified atom stereocenters. The number of hydrogen-bond donors (Lipinski definition) is 1. The third kappa shape index (κ3) is 9.90. The second-order valence-corrected chi connectivity index (χ2v) is 11.1. The Morgan fingerprint density at radius 1 is 0.844 bits per heavy atom. The van der Waals surface area contributed by atoms with Crippen LogP contribution in [0.25, 0.3) is 5.57 Å². The maximum Gasteiger partial charge on any atom is 0.0381 e. The third-order valence-electron chi connectivity index (χ3n) is 6.15. The fourth-order valence-corrected chi connectivity index (χ4v) is 4.36. The molecule has 1 heteroatoms. The van der Waals surface area contributed by atoms with Gasteiger partial charge in [0, 0.05) is 11.4 Å². The van der Waals surface area contributed by atoms with E-state index < -0.39 is 0 Å². The van der Waals surface area contributed by atoms with E-state index in [0.29, 0.717) is 5.41 Å². The van der Waals surface area contributed by atoms with Gasteiger partial charge in [-0.25, -0.2) is 0 Å². The van der Waals surface area contributed by atoms with Gasteiger partial charge in [0.05, 0.1) is 0 Å². The van der Waals surface area contributed by atoms with Gasteiger partial charge in [-0.15, -0.1) is 0 Å². The molecule has 1 aliphatic carbocycles. The van der Waals surface area contributed by atoms with Crippen molar-refractivity contribution in [2.24, 2.45) is 17.3 Å². The Hall–Kier alpha value is -2.28. The summed E-state index contributed by atoms with van der Waals surface area (Å²) in [5.41, 5.74) is 7.74. The lowest BCUT2D eigenvalue weighted by atomic mass is 9.80. The first-order valence-corrected chi connectivity index (χ1v) is 12.3. The van der Waals surface area contributed by atoms with Crippen molar-refractivity contribution < 1.29 is 0 Å². The predicted octanol–water partition coefficient (Wildman–Crippen LogP) is 9.31. The SMILES string of the molecule is C=C(C)Nc1ccc(CC(C)(C)C)cc1.C=C(C)c1ccc(CC2CCC(C)CC2)cc1. The van der Waals surface area contributed by atoms with Crippen LogP contribution in [0.5, 0.6) is 0 Å². The van der Waals surface area contributed by atoms with Crippen LogP contribution in [0.2, 0.25) is 0 Å². The van der Waals surface area contributed by atoms with Gasteiger partial charge in [0.15, 0.2) is 0 Å². The summed E-state index contributed by atoms with van der Waals surface area (Å²) in [6, 6.07) is 17.6. The van der Waals surface area contributed by atoms with Gasteiger partial charge in [-0.3, -0.25) is 0 Å². The Kier molecular flexibility index (Phi) is 9.82. The van der Waals surface area contributed by atoms with E-state index in [0.717, 1.165) is 35.2 Å². The van der Waals surface area contributed by atoms with Crippen molar-refractivity contribution in [2.45, 2.75) is 80.1 Å². The Bertz CT molecular complexity index is 841. The van der Waals surface area contributed by atoms with E-state index in [-0.39, 0.29) is 0 Å². The number of benzene rings is 2. The summed E-state index contributed by atoms with van der Waals surface area (Å²) in [4.78, 5) is 0. The smallest absolute Gasteiger partial charge is 0.0381 e. The number of rotatable bonds is 6. The van der Waals surface area contributed by atoms with E-state index in [1.807, 2.05) is 6.92 Å². The second kappa shape index (κ2) is 12.1. The normalized spacial score (nSPS) is 18.3. The van der Waals surface area contributed by atoms with Crippen LogP contribution >= 0.6 is 0 Å². The molecule has 0 bridgehead atoms. The molecular weight excluding hydrogens is 386 g/mol. The van der Waals surface area contributed by atoms with Crippen molar-refractivity contribution in [2.75, 3.05) is 5.32 Å². The quantitative estimate of drug-likeness (QED) is 0.480. The first-order valence-electron chi connectivity index (χ1n) is 12.3. The molecule has 0 spiro atoms. The highest BCUT2D eigenvalue weighted by atomic mass is 14.9. The molecule has 1 fully saturated rings. The first-order chi connectivity index (χ1) is 15.0. The van der Waals surface area contributed by atoms with Gasteiger partial charge in [-0.1, -0.05) is 95.7 Å². The summed E-state index contributed by atoms with van der Waals surface area (Å²) in [6.07, 6.45) is 8.07. The lowest BCUT2D eigenvalue weighted by molar-refractivity contribution is 0.289. The molecule has 32 heavy (non-hydrogen) atoms. The van der Waals surface area contributed by atoms with Crippen LogP contribution in [0.15, 0.2) is 67.4 Å². The molecule has 1 saturated carbocycles. The van der Waals surface area contributed by atoms with Gasteiger partial charge < -0.3 is 5.32 Å². The lowest BCUT2D eigenvalue weighted by Gasteiger charge is -2.26. The van der Waals surface area contributed by atoms with Crippen LogP contribution in [-0.2, 0) is 12.8 Å². The van der Waals surface area contributed by atoms with Crippen LogP contribution in [0.4, 0.5) is 5.69 Å². The van der Waals surface area contributed by atoms with Crippen molar-refractivity contribution >= 4 is 11.3 Å². The lowest BCUT2D eigenvalue weighted by Crippen LogP contribution is -2.14. The zero-order chi connectivity index (χ0) is 23.7. The molecule has 0 saturated heterocycles. The molecule has 0 aromatic heterocycles. The van der Waals surface area contributed by atoms with Crippen LogP contribution in [-0.4, -0.2) is 0 Å². The highest BCUT2D eigenvalue weighted by molar-refractivity contribution is 5.61. The first kappa shape index (κ1) is 26.0. The number of nitrogens with one attached hydrogen (secondary N) is 1. The molecule has 0 atom stereocenters. The van der Waals surface area contributed by atoms with Crippen LogP contribution in [0.1, 0.15) is 83.9 Å². The Balaban J connectivity index is 0.000000229. The van der Waals surface area contributed by atoms with Crippen molar-refractivity contribution in [1.29, 1.82) is 0 Å². The Morgan fingerprint density at radius 2 is 1.38 bits per heavy atom. The van der Waals surface area contributed by atoms with Gasteiger partial charge in [0.2, 0.25) is 0 Å². The second-order valence-electron chi connectivity index (χ2n) is 11.1. The monoisotopic (exact) mass is 431 g/mol. The molecule has 1 N–H and O–H groups in total. The molecule has 0 heterocycles. The zero-order valence-corrected chi connectivity index (χ0v) is 21.4. The summed E-state index contributed by atoms with van der Waals surface area (Å²) in [5.74, 6) is 1.87. The number of allylic oxidation sites excluding steroid dienone is 2. The molecule has 1 aliphatic rings. The summed E-state index contributed by atoms with van der Waals surface area (Å²) in [5, 5.41) is 3.20. The minimum absolute atomic E-state index is 0.350. The summed E-state index contributed by atoms with van der Waals surface area (Å²) < 4.78 is 0. The van der Waals surface area contributed by atoms with E-state index in [2.05, 4.69) is 102 Å². The molecule has 2 aromatic carbocycles. The molecule has 1 nitrogen and oxygen atoms in total. The average Bonchev–Trinajstić information content (AvgIpc) is 2.71. The van der Waals surface area contributed by atoms with Gasteiger partial charge in [0.1, 0.15) is 0 Å².